The fourth-order valence-electron chi connectivity index (χ4n) is 1.05. The first-order chi connectivity index (χ1) is 7.74. The second-order valence-corrected chi connectivity index (χ2v) is 5.41. The van der Waals surface area contributed by atoms with Crippen LogP contribution in [0.2, 0.25) is 10.0 Å². The zero-order chi connectivity index (χ0) is 13.2. The third kappa shape index (κ3) is 3.74. The Morgan fingerprint density at radius 1 is 1.47 bits per heavy atom. The van der Waals surface area contributed by atoms with Crippen LogP contribution in [-0.4, -0.2) is 28.3 Å². The van der Waals surface area contributed by atoms with Gasteiger partial charge in [0.2, 0.25) is 0 Å². The quantitative estimate of drug-likeness (QED) is 0.786. The van der Waals surface area contributed by atoms with Crippen molar-refractivity contribution in [1.82, 2.24) is 0 Å². The topological polar surface area (TPSA) is 69.6 Å². The number of hydrogen-bond donors (Lipinski definition) is 3. The molecule has 17 heavy (non-hydrogen) atoms. The van der Waals surface area contributed by atoms with E-state index in [1.807, 2.05) is 0 Å². The summed E-state index contributed by atoms with van der Waals surface area (Å²) in [5.74, 6) is -1.32. The van der Waals surface area contributed by atoms with Crippen LogP contribution in [0.3, 0.4) is 0 Å². The van der Waals surface area contributed by atoms with Gasteiger partial charge in [0.25, 0.3) is 0 Å². The first kappa shape index (κ1) is 14.6. The molecule has 3 N–H and O–H groups in total. The minimum Gasteiger partial charge on any atom is -0.479 e. The summed E-state index contributed by atoms with van der Waals surface area (Å²) in [5, 5.41) is 21.7. The summed E-state index contributed by atoms with van der Waals surface area (Å²) in [6, 6.07) is 3.23. The highest BCUT2D eigenvalue weighted by Gasteiger charge is 2.30. The van der Waals surface area contributed by atoms with Crippen LogP contribution in [0.25, 0.3) is 0 Å². The first-order valence-corrected chi connectivity index (χ1v) is 6.13. The van der Waals surface area contributed by atoms with Crippen molar-refractivity contribution in [3.63, 3.8) is 0 Å². The molecule has 0 radical (unpaired) electrons. The molecule has 0 saturated carbocycles. The Bertz CT molecular complexity index is 428. The fourth-order valence-corrected chi connectivity index (χ4v) is 2.39. The smallest absolute Gasteiger partial charge is 0.337 e. The maximum absolute atomic E-state index is 10.7. The van der Waals surface area contributed by atoms with E-state index in [-0.39, 0.29) is 6.54 Å². The molecule has 0 aliphatic rings. The van der Waals surface area contributed by atoms with E-state index in [2.05, 4.69) is 21.2 Å². The van der Waals surface area contributed by atoms with Crippen molar-refractivity contribution >= 4 is 50.8 Å². The molecular formula is C10H10BrCl2NO3. The summed E-state index contributed by atoms with van der Waals surface area (Å²) in [7, 11) is 0. The highest BCUT2D eigenvalue weighted by Crippen LogP contribution is 2.33. The van der Waals surface area contributed by atoms with Crippen LogP contribution in [-0.2, 0) is 4.79 Å². The molecule has 1 rings (SSSR count). The number of carbonyl (C=O) groups is 1. The molecule has 0 aromatic heterocycles. The number of rotatable bonds is 4. The number of aliphatic hydroxyl groups is 1. The summed E-state index contributed by atoms with van der Waals surface area (Å²) in [6.07, 6.45) is 0. The van der Waals surface area contributed by atoms with Crippen LogP contribution >= 0.6 is 39.1 Å². The van der Waals surface area contributed by atoms with Crippen LogP contribution in [0.4, 0.5) is 5.69 Å². The monoisotopic (exact) mass is 341 g/mol. The van der Waals surface area contributed by atoms with Crippen LogP contribution in [0.15, 0.2) is 16.6 Å². The van der Waals surface area contributed by atoms with E-state index in [0.29, 0.717) is 20.2 Å². The molecule has 0 bridgehead atoms. The first-order valence-electron chi connectivity index (χ1n) is 4.58. The number of aliphatic carboxylic acids is 1. The van der Waals surface area contributed by atoms with E-state index < -0.39 is 11.6 Å². The summed E-state index contributed by atoms with van der Waals surface area (Å²) in [5.41, 5.74) is -1.50. The van der Waals surface area contributed by atoms with Gasteiger partial charge in [-0.3, -0.25) is 0 Å². The zero-order valence-corrected chi connectivity index (χ0v) is 11.9. The maximum Gasteiger partial charge on any atom is 0.337 e. The molecule has 94 valence electrons. The van der Waals surface area contributed by atoms with Crippen molar-refractivity contribution in [2.75, 3.05) is 11.9 Å². The van der Waals surface area contributed by atoms with Gasteiger partial charge >= 0.3 is 5.97 Å². The van der Waals surface area contributed by atoms with Gasteiger partial charge in [-0.1, -0.05) is 39.1 Å². The highest BCUT2D eigenvalue weighted by molar-refractivity contribution is 9.10. The molecule has 0 aliphatic carbocycles. The third-order valence-electron chi connectivity index (χ3n) is 2.08. The molecule has 1 aromatic rings. The SMILES string of the molecule is CC(O)(CNc1c(Cl)cc(Br)cc1Cl)C(=O)O. The van der Waals surface area contributed by atoms with Crippen LogP contribution in [0.1, 0.15) is 6.92 Å². The van der Waals surface area contributed by atoms with Crippen molar-refractivity contribution in [2.24, 2.45) is 0 Å². The largest absolute Gasteiger partial charge is 0.479 e. The van der Waals surface area contributed by atoms with Gasteiger partial charge in [0.05, 0.1) is 22.3 Å². The third-order valence-corrected chi connectivity index (χ3v) is 3.13. The average molecular weight is 343 g/mol. The van der Waals surface area contributed by atoms with Crippen molar-refractivity contribution in [1.29, 1.82) is 0 Å². The van der Waals surface area contributed by atoms with Crippen LogP contribution in [0.5, 0.6) is 0 Å². The van der Waals surface area contributed by atoms with E-state index in [1.165, 1.54) is 6.92 Å². The number of carboxylic acid groups (broad SMARTS) is 1. The lowest BCUT2D eigenvalue weighted by Gasteiger charge is -2.20. The Balaban J connectivity index is 2.87. The van der Waals surface area contributed by atoms with E-state index in [9.17, 15) is 9.90 Å². The number of nitrogens with one attached hydrogen (secondary N) is 1. The highest BCUT2D eigenvalue weighted by atomic mass is 79.9. The second-order valence-electron chi connectivity index (χ2n) is 3.68. The number of anilines is 1. The van der Waals surface area contributed by atoms with Gasteiger partial charge in [-0.05, 0) is 19.1 Å². The molecule has 1 aromatic carbocycles. The molecule has 0 spiro atoms. The van der Waals surface area contributed by atoms with Crippen molar-refractivity contribution in [3.05, 3.63) is 26.7 Å². The maximum atomic E-state index is 10.7. The van der Waals surface area contributed by atoms with E-state index in [0.717, 1.165) is 0 Å². The number of carboxylic acids is 1. The number of benzene rings is 1. The Hall–Kier alpha value is -0.490. The van der Waals surface area contributed by atoms with Crippen molar-refractivity contribution < 1.29 is 15.0 Å². The lowest BCUT2D eigenvalue weighted by molar-refractivity contribution is -0.155. The second kappa shape index (κ2) is 5.44. The molecule has 7 heteroatoms. The molecule has 0 saturated heterocycles. The lowest BCUT2D eigenvalue weighted by atomic mass is 10.1. The molecule has 0 fully saturated rings. The molecule has 1 atom stereocenters. The van der Waals surface area contributed by atoms with E-state index in [1.54, 1.807) is 12.1 Å². The molecule has 1 unspecified atom stereocenters. The Morgan fingerprint density at radius 2 is 1.94 bits per heavy atom. The van der Waals surface area contributed by atoms with Crippen molar-refractivity contribution in [3.8, 4) is 0 Å². The van der Waals surface area contributed by atoms with Gasteiger partial charge in [-0.15, -0.1) is 0 Å². The van der Waals surface area contributed by atoms with Gasteiger partial charge < -0.3 is 15.5 Å². The molecule has 0 heterocycles. The Morgan fingerprint density at radius 3 is 2.35 bits per heavy atom. The zero-order valence-electron chi connectivity index (χ0n) is 8.80. The Labute approximate surface area is 117 Å². The molecule has 4 nitrogen and oxygen atoms in total. The molecular weight excluding hydrogens is 333 g/mol. The van der Waals surface area contributed by atoms with Gasteiger partial charge in [-0.2, -0.15) is 0 Å². The predicted octanol–water partition coefficient (Wildman–Crippen LogP) is 3.00. The normalized spacial score (nSPS) is 14.2. The summed E-state index contributed by atoms with van der Waals surface area (Å²) >= 11 is 15.1. The lowest BCUT2D eigenvalue weighted by Crippen LogP contribution is -2.41. The minimum atomic E-state index is -1.89. The number of halogens is 3. The standard InChI is InChI=1S/C10H10BrCl2NO3/c1-10(17,9(15)16)4-14-8-6(12)2-5(11)3-7(8)13/h2-3,14,17H,4H2,1H3,(H,15,16). The van der Waals surface area contributed by atoms with E-state index in [4.69, 9.17) is 28.3 Å². The van der Waals surface area contributed by atoms with Gasteiger partial charge in [-0.25, -0.2) is 4.79 Å². The van der Waals surface area contributed by atoms with Crippen LogP contribution in [0, 0.1) is 0 Å². The van der Waals surface area contributed by atoms with E-state index >= 15 is 0 Å². The van der Waals surface area contributed by atoms with Crippen LogP contribution < -0.4 is 5.32 Å². The van der Waals surface area contributed by atoms with Gasteiger partial charge in [0.1, 0.15) is 0 Å². The minimum absolute atomic E-state index is 0.205. The average Bonchev–Trinajstić information content (AvgIpc) is 2.15. The summed E-state index contributed by atoms with van der Waals surface area (Å²) in [6.45, 7) is 0.979. The van der Waals surface area contributed by atoms with Crippen molar-refractivity contribution in [2.45, 2.75) is 12.5 Å². The Kier molecular flexibility index (Phi) is 4.66. The summed E-state index contributed by atoms with van der Waals surface area (Å²) in [4.78, 5) is 10.7. The molecule has 0 aliphatic heterocycles. The molecule has 0 amide bonds. The summed E-state index contributed by atoms with van der Waals surface area (Å²) < 4.78 is 0.711. The fraction of sp³-hybridized carbons (Fsp3) is 0.300. The van der Waals surface area contributed by atoms with Gasteiger partial charge in [0.15, 0.2) is 5.60 Å². The van der Waals surface area contributed by atoms with Gasteiger partial charge in [0, 0.05) is 4.47 Å². The number of hydrogen-bond acceptors (Lipinski definition) is 3. The predicted molar refractivity (Wildman–Crippen MR) is 70.9 cm³/mol.